The second-order valence-electron chi connectivity index (χ2n) is 4.46. The number of ether oxygens (including phenoxy) is 1. The van der Waals surface area contributed by atoms with E-state index in [0.717, 1.165) is 26.7 Å². The Morgan fingerprint density at radius 3 is 2.77 bits per heavy atom. The second kappa shape index (κ2) is 6.80. The number of carboxylic acids is 1. The minimum Gasteiger partial charge on any atom is -0.496 e. The molecule has 1 aliphatic heterocycles. The van der Waals surface area contributed by atoms with E-state index in [4.69, 9.17) is 22.1 Å². The zero-order chi connectivity index (χ0) is 16.4. The fourth-order valence-electron chi connectivity index (χ4n) is 1.85. The van der Waals surface area contributed by atoms with Gasteiger partial charge in [-0.15, -0.1) is 0 Å². The lowest BCUT2D eigenvalue weighted by Crippen LogP contribution is -2.41. The van der Waals surface area contributed by atoms with Gasteiger partial charge in [0.25, 0.3) is 5.91 Å². The summed E-state index contributed by atoms with van der Waals surface area (Å²) in [6.45, 7) is 1.43. The third-order valence-electron chi connectivity index (χ3n) is 3.04. The molecule has 0 spiro atoms. The van der Waals surface area contributed by atoms with E-state index in [-0.39, 0.29) is 4.32 Å². The van der Waals surface area contributed by atoms with Gasteiger partial charge in [0, 0.05) is 0 Å². The van der Waals surface area contributed by atoms with Gasteiger partial charge in [0.05, 0.1) is 16.5 Å². The molecular weight excluding hydrogens is 390 g/mol. The molecule has 1 aliphatic rings. The van der Waals surface area contributed by atoms with Gasteiger partial charge in [0.15, 0.2) is 0 Å². The maximum Gasteiger partial charge on any atom is 0.326 e. The number of thiocarbonyl (C=S) groups is 1. The number of methoxy groups -OCH3 is 1. The Labute approximate surface area is 145 Å². The lowest BCUT2D eigenvalue weighted by molar-refractivity contribution is -0.144. The Kier molecular flexibility index (Phi) is 5.25. The number of rotatable bonds is 4. The number of hydrogen-bond donors (Lipinski definition) is 1. The molecule has 1 saturated heterocycles. The third kappa shape index (κ3) is 3.34. The van der Waals surface area contributed by atoms with Gasteiger partial charge in [0.2, 0.25) is 0 Å². The molecule has 1 aromatic rings. The summed E-state index contributed by atoms with van der Waals surface area (Å²) in [7, 11) is 1.57. The molecule has 1 atom stereocenters. The number of benzene rings is 1. The molecule has 116 valence electrons. The number of aliphatic carboxylic acids is 1. The van der Waals surface area contributed by atoms with Crippen LogP contribution in [0.25, 0.3) is 6.08 Å². The molecule has 8 heteroatoms. The maximum absolute atomic E-state index is 12.3. The SMILES string of the molecule is COc1ccc(C=C2SC(=S)N([C@H](C)C(=O)O)C2=O)cc1Br. The highest BCUT2D eigenvalue weighted by molar-refractivity contribution is 9.10. The van der Waals surface area contributed by atoms with Crippen molar-refractivity contribution in [2.24, 2.45) is 0 Å². The average Bonchev–Trinajstić information content (AvgIpc) is 2.73. The predicted molar refractivity (Wildman–Crippen MR) is 92.8 cm³/mol. The molecule has 0 radical (unpaired) electrons. The Bertz CT molecular complexity index is 689. The number of carbonyl (C=O) groups excluding carboxylic acids is 1. The highest BCUT2D eigenvalue weighted by Crippen LogP contribution is 2.35. The van der Waals surface area contributed by atoms with Crippen LogP contribution in [0.3, 0.4) is 0 Å². The van der Waals surface area contributed by atoms with E-state index in [2.05, 4.69) is 15.9 Å². The Balaban J connectivity index is 2.30. The summed E-state index contributed by atoms with van der Waals surface area (Å²) in [5.41, 5.74) is 0.788. The van der Waals surface area contributed by atoms with Gasteiger partial charge >= 0.3 is 5.97 Å². The quantitative estimate of drug-likeness (QED) is 0.617. The van der Waals surface area contributed by atoms with Crippen LogP contribution in [-0.4, -0.2) is 39.4 Å². The molecule has 22 heavy (non-hydrogen) atoms. The van der Waals surface area contributed by atoms with E-state index in [0.29, 0.717) is 10.7 Å². The summed E-state index contributed by atoms with van der Waals surface area (Å²) in [6.07, 6.45) is 1.68. The molecule has 2 rings (SSSR count). The van der Waals surface area contributed by atoms with E-state index in [9.17, 15) is 9.59 Å². The standard InChI is InChI=1S/C14H12BrNO4S2/c1-7(13(18)19)16-12(17)11(22-14(16)21)6-8-3-4-10(20-2)9(15)5-8/h3-7H,1-2H3,(H,18,19)/t7-/m1/s1. The summed E-state index contributed by atoms with van der Waals surface area (Å²) < 4.78 is 6.16. The van der Waals surface area contributed by atoms with Crippen molar-refractivity contribution in [2.75, 3.05) is 7.11 Å². The molecule has 0 aliphatic carbocycles. The van der Waals surface area contributed by atoms with Crippen LogP contribution in [0.4, 0.5) is 0 Å². The van der Waals surface area contributed by atoms with E-state index >= 15 is 0 Å². The fraction of sp³-hybridized carbons (Fsp3) is 0.214. The molecule has 1 aromatic carbocycles. The van der Waals surface area contributed by atoms with Crippen LogP contribution in [0.5, 0.6) is 5.75 Å². The molecule has 0 bridgehead atoms. The van der Waals surface area contributed by atoms with Gasteiger partial charge in [0.1, 0.15) is 16.1 Å². The van der Waals surface area contributed by atoms with Gasteiger partial charge in [-0.25, -0.2) is 4.79 Å². The Morgan fingerprint density at radius 1 is 1.55 bits per heavy atom. The molecular formula is C14H12BrNO4S2. The normalized spacial score (nSPS) is 18.0. The first-order valence-corrected chi connectivity index (χ1v) is 8.20. The van der Waals surface area contributed by atoms with Crippen molar-refractivity contribution in [3.8, 4) is 5.75 Å². The molecule has 0 saturated carbocycles. The number of thioether (sulfide) groups is 1. The first-order chi connectivity index (χ1) is 10.3. The molecule has 1 fully saturated rings. The van der Waals surface area contributed by atoms with Crippen molar-refractivity contribution in [3.05, 3.63) is 33.1 Å². The number of nitrogens with zero attached hydrogens (tertiary/aromatic N) is 1. The summed E-state index contributed by atoms with van der Waals surface area (Å²) in [5.74, 6) is -0.800. The molecule has 0 unspecified atom stereocenters. The van der Waals surface area contributed by atoms with E-state index < -0.39 is 17.9 Å². The highest BCUT2D eigenvalue weighted by Gasteiger charge is 2.38. The third-order valence-corrected chi connectivity index (χ3v) is 4.99. The fourth-order valence-corrected chi connectivity index (χ4v) is 3.82. The molecule has 5 nitrogen and oxygen atoms in total. The van der Waals surface area contributed by atoms with Crippen LogP contribution in [0, 0.1) is 0 Å². The molecule has 1 N–H and O–H groups in total. The summed E-state index contributed by atoms with van der Waals surface area (Å²) >= 11 is 9.58. The van der Waals surface area contributed by atoms with Gasteiger partial charge in [-0.2, -0.15) is 0 Å². The van der Waals surface area contributed by atoms with E-state index in [1.54, 1.807) is 25.3 Å². The van der Waals surface area contributed by atoms with Crippen LogP contribution >= 0.6 is 39.9 Å². The molecule has 0 aromatic heterocycles. The van der Waals surface area contributed by atoms with Gasteiger partial charge in [-0.3, -0.25) is 9.69 Å². The number of halogens is 1. The maximum atomic E-state index is 12.3. The first kappa shape index (κ1) is 17.0. The zero-order valence-electron chi connectivity index (χ0n) is 11.7. The van der Waals surface area contributed by atoms with Crippen LogP contribution in [0.2, 0.25) is 0 Å². The first-order valence-electron chi connectivity index (χ1n) is 6.18. The van der Waals surface area contributed by atoms with Crippen LogP contribution in [0.1, 0.15) is 12.5 Å². The van der Waals surface area contributed by atoms with Gasteiger partial charge in [-0.05, 0) is 46.6 Å². The van der Waals surface area contributed by atoms with Crippen molar-refractivity contribution in [2.45, 2.75) is 13.0 Å². The lowest BCUT2D eigenvalue weighted by Gasteiger charge is -2.18. The minimum atomic E-state index is -1.09. The predicted octanol–water partition coefficient (Wildman–Crippen LogP) is 3.13. The minimum absolute atomic E-state index is 0.249. The van der Waals surface area contributed by atoms with Crippen molar-refractivity contribution in [3.63, 3.8) is 0 Å². The topological polar surface area (TPSA) is 66.8 Å². The lowest BCUT2D eigenvalue weighted by atomic mass is 10.2. The van der Waals surface area contributed by atoms with Crippen LogP contribution < -0.4 is 4.74 Å². The second-order valence-corrected chi connectivity index (χ2v) is 6.99. The molecule has 1 heterocycles. The zero-order valence-corrected chi connectivity index (χ0v) is 14.9. The Hall–Kier alpha value is -1.38. The number of carboxylic acid groups (broad SMARTS) is 1. The summed E-state index contributed by atoms with van der Waals surface area (Å²) in [6, 6.07) is 4.40. The monoisotopic (exact) mass is 401 g/mol. The van der Waals surface area contributed by atoms with Crippen molar-refractivity contribution in [1.82, 2.24) is 4.90 Å². The largest absolute Gasteiger partial charge is 0.496 e. The summed E-state index contributed by atoms with van der Waals surface area (Å²) in [5, 5.41) is 9.05. The summed E-state index contributed by atoms with van der Waals surface area (Å²) in [4.78, 5) is 24.9. The highest BCUT2D eigenvalue weighted by atomic mass is 79.9. The van der Waals surface area contributed by atoms with E-state index in [1.165, 1.54) is 6.92 Å². The van der Waals surface area contributed by atoms with Crippen molar-refractivity contribution >= 4 is 62.2 Å². The smallest absolute Gasteiger partial charge is 0.326 e. The average molecular weight is 402 g/mol. The molecule has 1 amide bonds. The Morgan fingerprint density at radius 2 is 2.23 bits per heavy atom. The van der Waals surface area contributed by atoms with Crippen LogP contribution in [-0.2, 0) is 9.59 Å². The number of amides is 1. The van der Waals surface area contributed by atoms with Gasteiger partial charge < -0.3 is 9.84 Å². The number of carbonyl (C=O) groups is 2. The van der Waals surface area contributed by atoms with Crippen molar-refractivity contribution < 1.29 is 19.4 Å². The van der Waals surface area contributed by atoms with Crippen LogP contribution in [0.15, 0.2) is 27.6 Å². The van der Waals surface area contributed by atoms with Gasteiger partial charge in [-0.1, -0.05) is 30.0 Å². The van der Waals surface area contributed by atoms with E-state index in [1.807, 2.05) is 6.07 Å². The van der Waals surface area contributed by atoms with Crippen molar-refractivity contribution in [1.29, 1.82) is 0 Å². The number of hydrogen-bond acceptors (Lipinski definition) is 5.